The van der Waals surface area contributed by atoms with Crippen LogP contribution in [0.15, 0.2) is 12.1 Å². The van der Waals surface area contributed by atoms with E-state index in [9.17, 15) is 18.0 Å². The monoisotopic (exact) mass is 246 g/mol. The van der Waals surface area contributed by atoms with Gasteiger partial charge in [0.25, 0.3) is 0 Å². The lowest BCUT2D eigenvalue weighted by Gasteiger charge is -2.09. The average Bonchev–Trinajstić information content (AvgIpc) is 2.25. The average molecular weight is 246 g/mol. The molecule has 0 fully saturated rings. The molecule has 0 aliphatic heterocycles. The summed E-state index contributed by atoms with van der Waals surface area (Å²) < 4.78 is 38.3. The van der Waals surface area contributed by atoms with E-state index >= 15 is 0 Å². The topological polar surface area (TPSA) is 55.1 Å². The Kier molecular flexibility index (Phi) is 4.51. The number of nitrogens with two attached hydrogens (primary N) is 1. The molecule has 3 nitrogen and oxygen atoms in total. The van der Waals surface area contributed by atoms with Crippen LogP contribution in [0.4, 0.5) is 18.9 Å². The molecule has 0 aromatic heterocycles. The van der Waals surface area contributed by atoms with E-state index in [0.717, 1.165) is 0 Å². The zero-order valence-corrected chi connectivity index (χ0v) is 9.27. The van der Waals surface area contributed by atoms with Gasteiger partial charge in [0.1, 0.15) is 0 Å². The molecule has 1 unspecified atom stereocenters. The molecule has 0 radical (unpaired) electrons. The third kappa shape index (κ3) is 3.74. The van der Waals surface area contributed by atoms with Gasteiger partial charge < -0.3 is 11.1 Å². The van der Waals surface area contributed by atoms with Crippen molar-refractivity contribution in [2.75, 3.05) is 5.32 Å². The fourth-order valence-corrected chi connectivity index (χ4v) is 1.22. The van der Waals surface area contributed by atoms with Crippen LogP contribution in [0, 0.1) is 17.5 Å². The van der Waals surface area contributed by atoms with Gasteiger partial charge in [-0.05, 0) is 6.42 Å². The van der Waals surface area contributed by atoms with Crippen molar-refractivity contribution < 1.29 is 18.0 Å². The maximum absolute atomic E-state index is 12.8. The minimum Gasteiger partial charge on any atom is -0.327 e. The van der Waals surface area contributed by atoms with Gasteiger partial charge >= 0.3 is 0 Å². The van der Waals surface area contributed by atoms with Crippen molar-refractivity contribution in [3.05, 3.63) is 29.6 Å². The molecule has 0 spiro atoms. The summed E-state index contributed by atoms with van der Waals surface area (Å²) in [7, 11) is 0. The molecule has 1 amide bonds. The van der Waals surface area contributed by atoms with Gasteiger partial charge in [-0.1, -0.05) is 6.92 Å². The number of carbonyl (C=O) groups is 1. The molecule has 3 N–H and O–H groups in total. The highest BCUT2D eigenvalue weighted by Gasteiger charge is 2.13. The summed E-state index contributed by atoms with van der Waals surface area (Å²) in [6, 6.07) is 1.12. The molecule has 0 heterocycles. The first kappa shape index (κ1) is 13.5. The fraction of sp³-hybridized carbons (Fsp3) is 0.364. The van der Waals surface area contributed by atoms with Crippen LogP contribution >= 0.6 is 0 Å². The largest absolute Gasteiger partial charge is 0.327 e. The molecule has 6 heteroatoms. The van der Waals surface area contributed by atoms with Crippen molar-refractivity contribution in [1.29, 1.82) is 0 Å². The third-order valence-corrected chi connectivity index (χ3v) is 2.24. The lowest BCUT2D eigenvalue weighted by atomic mass is 10.1. The smallest absolute Gasteiger partial charge is 0.225 e. The Labute approximate surface area is 96.8 Å². The van der Waals surface area contributed by atoms with Crippen LogP contribution in [0.25, 0.3) is 0 Å². The van der Waals surface area contributed by atoms with Gasteiger partial charge in [-0.3, -0.25) is 4.79 Å². The molecule has 0 saturated carbocycles. The van der Waals surface area contributed by atoms with Gasteiger partial charge in [0, 0.05) is 30.3 Å². The van der Waals surface area contributed by atoms with E-state index in [1.807, 2.05) is 6.92 Å². The summed E-state index contributed by atoms with van der Waals surface area (Å²) in [6.45, 7) is 1.81. The molecule has 1 rings (SSSR count). The second kappa shape index (κ2) is 5.67. The van der Waals surface area contributed by atoms with E-state index in [4.69, 9.17) is 5.73 Å². The number of nitrogens with one attached hydrogen (secondary N) is 1. The lowest BCUT2D eigenvalue weighted by Crippen LogP contribution is -2.26. The number of hydrogen-bond donors (Lipinski definition) is 2. The van der Waals surface area contributed by atoms with Crippen molar-refractivity contribution in [2.24, 2.45) is 5.73 Å². The summed E-state index contributed by atoms with van der Waals surface area (Å²) in [6.07, 6.45) is 0.649. The first-order chi connectivity index (χ1) is 7.93. The molecule has 0 saturated heterocycles. The highest BCUT2D eigenvalue weighted by Crippen LogP contribution is 2.17. The number of carbonyl (C=O) groups excluding carboxylic acids is 1. The van der Waals surface area contributed by atoms with Crippen molar-refractivity contribution in [3.8, 4) is 0 Å². The summed E-state index contributed by atoms with van der Waals surface area (Å²) in [5.41, 5.74) is 5.41. The van der Waals surface area contributed by atoms with Crippen molar-refractivity contribution in [1.82, 2.24) is 0 Å². The molecule has 0 bridgehead atoms. The second-order valence-corrected chi connectivity index (χ2v) is 3.67. The minimum atomic E-state index is -1.56. The van der Waals surface area contributed by atoms with Gasteiger partial charge in [0.05, 0.1) is 0 Å². The number of hydrogen-bond acceptors (Lipinski definition) is 2. The van der Waals surface area contributed by atoms with Crippen LogP contribution < -0.4 is 11.1 Å². The molecule has 0 aliphatic carbocycles. The number of anilines is 1. The van der Waals surface area contributed by atoms with Crippen LogP contribution in [0.5, 0.6) is 0 Å². The van der Waals surface area contributed by atoms with Crippen molar-refractivity contribution in [2.45, 2.75) is 25.8 Å². The summed E-state index contributed by atoms with van der Waals surface area (Å²) >= 11 is 0. The summed E-state index contributed by atoms with van der Waals surface area (Å²) in [5, 5.41) is 2.25. The maximum Gasteiger partial charge on any atom is 0.225 e. The first-order valence-corrected chi connectivity index (χ1v) is 5.14. The number of amides is 1. The summed E-state index contributed by atoms with van der Waals surface area (Å²) in [4.78, 5) is 11.4. The van der Waals surface area contributed by atoms with Crippen LogP contribution in [0.1, 0.15) is 19.8 Å². The predicted octanol–water partition coefficient (Wildman–Crippen LogP) is 2.17. The molecule has 0 aliphatic rings. The number of halogens is 3. The molecule has 17 heavy (non-hydrogen) atoms. The predicted molar refractivity (Wildman–Crippen MR) is 57.8 cm³/mol. The quantitative estimate of drug-likeness (QED) is 0.800. The van der Waals surface area contributed by atoms with Crippen LogP contribution in [0.2, 0.25) is 0 Å². The number of rotatable bonds is 4. The van der Waals surface area contributed by atoms with Gasteiger partial charge in [-0.2, -0.15) is 0 Å². The van der Waals surface area contributed by atoms with E-state index in [0.29, 0.717) is 18.6 Å². The molecule has 1 aromatic rings. The van der Waals surface area contributed by atoms with Gasteiger partial charge in [-0.15, -0.1) is 0 Å². The Morgan fingerprint density at radius 2 is 1.88 bits per heavy atom. The van der Waals surface area contributed by atoms with Gasteiger partial charge in [0.2, 0.25) is 5.91 Å². The van der Waals surface area contributed by atoms with Crippen molar-refractivity contribution >= 4 is 11.6 Å². The Morgan fingerprint density at radius 3 is 2.35 bits per heavy atom. The van der Waals surface area contributed by atoms with Gasteiger partial charge in [0.15, 0.2) is 17.5 Å². The summed E-state index contributed by atoms with van der Waals surface area (Å²) in [5.74, 6) is -4.72. The van der Waals surface area contributed by atoms with E-state index in [1.165, 1.54) is 0 Å². The van der Waals surface area contributed by atoms with E-state index in [2.05, 4.69) is 5.32 Å². The normalized spacial score (nSPS) is 12.3. The van der Waals surface area contributed by atoms with Crippen LogP contribution in [-0.2, 0) is 4.79 Å². The molecular weight excluding hydrogens is 233 g/mol. The Bertz CT molecular complexity index is 400. The van der Waals surface area contributed by atoms with E-state index < -0.39 is 23.4 Å². The lowest BCUT2D eigenvalue weighted by molar-refractivity contribution is -0.116. The van der Waals surface area contributed by atoms with Crippen LogP contribution in [0.3, 0.4) is 0 Å². The highest BCUT2D eigenvalue weighted by molar-refractivity contribution is 5.91. The zero-order valence-electron chi connectivity index (χ0n) is 9.27. The van der Waals surface area contributed by atoms with Crippen LogP contribution in [-0.4, -0.2) is 11.9 Å². The zero-order chi connectivity index (χ0) is 13.0. The third-order valence-electron chi connectivity index (χ3n) is 2.24. The SMILES string of the molecule is CCC(N)CC(=O)Nc1cc(F)c(F)c(F)c1. The van der Waals surface area contributed by atoms with Crippen molar-refractivity contribution in [3.63, 3.8) is 0 Å². The molecule has 94 valence electrons. The van der Waals surface area contributed by atoms with E-state index in [1.54, 1.807) is 0 Å². The molecule has 1 aromatic carbocycles. The molecular formula is C11H13F3N2O. The standard InChI is InChI=1S/C11H13F3N2O/c1-2-6(15)3-10(17)16-7-4-8(12)11(14)9(13)5-7/h4-6H,2-3,15H2,1H3,(H,16,17). The molecule has 1 atom stereocenters. The Morgan fingerprint density at radius 1 is 1.35 bits per heavy atom. The van der Waals surface area contributed by atoms with Gasteiger partial charge in [-0.25, -0.2) is 13.2 Å². The number of benzene rings is 1. The highest BCUT2D eigenvalue weighted by atomic mass is 19.2. The first-order valence-electron chi connectivity index (χ1n) is 5.14. The Balaban J connectivity index is 2.72. The van der Waals surface area contributed by atoms with E-state index in [-0.39, 0.29) is 18.2 Å². The Hall–Kier alpha value is -1.56. The second-order valence-electron chi connectivity index (χ2n) is 3.67. The maximum atomic E-state index is 12.8. The fourth-order valence-electron chi connectivity index (χ4n) is 1.22. The minimum absolute atomic E-state index is 0.0388.